The molecule has 0 unspecified atom stereocenters. The molecule has 6 nitrogen and oxygen atoms in total. The van der Waals surface area contributed by atoms with E-state index >= 15 is 0 Å². The van der Waals surface area contributed by atoms with Crippen molar-refractivity contribution in [2.45, 2.75) is 19.9 Å². The van der Waals surface area contributed by atoms with Crippen LogP contribution in [0.1, 0.15) is 24.2 Å². The van der Waals surface area contributed by atoms with E-state index in [0.717, 1.165) is 5.56 Å². The maximum atomic E-state index is 12.3. The molecule has 0 spiro atoms. The molecule has 6 heteroatoms. The molecule has 0 aliphatic carbocycles. The summed E-state index contributed by atoms with van der Waals surface area (Å²) in [6, 6.07) is 14.9. The Bertz CT molecular complexity index is 1060. The zero-order valence-electron chi connectivity index (χ0n) is 14.4. The summed E-state index contributed by atoms with van der Waals surface area (Å²) >= 11 is 0. The Morgan fingerprint density at radius 3 is 2.69 bits per heavy atom. The van der Waals surface area contributed by atoms with Crippen LogP contribution in [0.3, 0.4) is 0 Å². The first-order valence-corrected chi connectivity index (χ1v) is 8.33. The summed E-state index contributed by atoms with van der Waals surface area (Å²) in [4.78, 5) is 16.8. The topological polar surface area (TPSA) is 81.2 Å². The van der Waals surface area contributed by atoms with E-state index in [4.69, 9.17) is 8.94 Å². The van der Waals surface area contributed by atoms with E-state index < -0.39 is 0 Å². The highest BCUT2D eigenvalue weighted by atomic mass is 16.5. The lowest BCUT2D eigenvalue weighted by molar-refractivity contribution is 0.0943. The Hall–Kier alpha value is -3.41. The number of nitrogens with zero attached hydrogens (tertiary/aromatic N) is 2. The number of carbonyl (C=O) groups excluding carboxylic acids is 1. The average Bonchev–Trinajstić information content (AvgIpc) is 3.28. The van der Waals surface area contributed by atoms with Gasteiger partial charge in [0, 0.05) is 17.2 Å². The minimum absolute atomic E-state index is 0.0594. The number of benzene rings is 2. The zero-order chi connectivity index (χ0) is 18.1. The molecular weight excluding hydrogens is 330 g/mol. The molecule has 4 aromatic rings. The van der Waals surface area contributed by atoms with E-state index in [9.17, 15) is 4.79 Å². The van der Waals surface area contributed by atoms with Gasteiger partial charge in [0.15, 0.2) is 5.58 Å². The van der Waals surface area contributed by atoms with E-state index in [0.29, 0.717) is 33.8 Å². The smallest absolute Gasteiger partial charge is 0.251 e. The van der Waals surface area contributed by atoms with E-state index in [1.165, 1.54) is 0 Å². The van der Waals surface area contributed by atoms with E-state index in [1.54, 1.807) is 24.5 Å². The fraction of sp³-hybridized carbons (Fsp3) is 0.150. The molecule has 130 valence electrons. The minimum Gasteiger partial charge on any atom is -0.444 e. The second-order valence-corrected chi connectivity index (χ2v) is 6.27. The Balaban J connectivity index is 1.73. The van der Waals surface area contributed by atoms with Crippen molar-refractivity contribution in [3.8, 4) is 22.8 Å². The van der Waals surface area contributed by atoms with Gasteiger partial charge >= 0.3 is 0 Å². The van der Waals surface area contributed by atoms with Crippen molar-refractivity contribution in [1.82, 2.24) is 15.5 Å². The van der Waals surface area contributed by atoms with Crippen molar-refractivity contribution in [3.05, 3.63) is 60.4 Å². The van der Waals surface area contributed by atoms with Crippen molar-refractivity contribution in [3.63, 3.8) is 0 Å². The van der Waals surface area contributed by atoms with E-state index in [2.05, 4.69) is 15.5 Å². The predicted molar refractivity (Wildman–Crippen MR) is 97.5 cm³/mol. The molecule has 0 radical (unpaired) electrons. The number of hydrogen-bond acceptors (Lipinski definition) is 5. The molecule has 1 amide bonds. The van der Waals surface area contributed by atoms with Crippen LogP contribution < -0.4 is 5.32 Å². The van der Waals surface area contributed by atoms with Crippen LogP contribution in [0.5, 0.6) is 0 Å². The molecule has 0 saturated heterocycles. The van der Waals surface area contributed by atoms with Gasteiger partial charge in [0.25, 0.3) is 5.91 Å². The van der Waals surface area contributed by atoms with Crippen molar-refractivity contribution < 1.29 is 13.7 Å². The highest BCUT2D eigenvalue weighted by molar-refractivity contribution is 6.00. The third-order valence-corrected chi connectivity index (χ3v) is 3.92. The summed E-state index contributed by atoms with van der Waals surface area (Å²) in [6.07, 6.45) is 1.54. The average molecular weight is 347 g/mol. The number of rotatable bonds is 4. The summed E-state index contributed by atoms with van der Waals surface area (Å²) in [5.41, 5.74) is 3.12. The van der Waals surface area contributed by atoms with Crippen LogP contribution >= 0.6 is 0 Å². The molecule has 0 aliphatic heterocycles. The fourth-order valence-electron chi connectivity index (χ4n) is 2.71. The molecule has 0 bridgehead atoms. The highest BCUT2D eigenvalue weighted by Crippen LogP contribution is 2.30. The Morgan fingerprint density at radius 2 is 1.92 bits per heavy atom. The third-order valence-electron chi connectivity index (χ3n) is 3.92. The second kappa shape index (κ2) is 6.48. The van der Waals surface area contributed by atoms with Crippen molar-refractivity contribution in [1.29, 1.82) is 0 Å². The molecule has 4 rings (SSSR count). The van der Waals surface area contributed by atoms with Gasteiger partial charge in [-0.3, -0.25) is 4.79 Å². The number of hydrogen-bond donors (Lipinski definition) is 1. The van der Waals surface area contributed by atoms with Gasteiger partial charge in [0.1, 0.15) is 17.7 Å². The van der Waals surface area contributed by atoms with Crippen LogP contribution in [0, 0.1) is 0 Å². The number of aromatic nitrogens is 2. The number of nitrogens with one attached hydrogen (secondary N) is 1. The lowest BCUT2D eigenvalue weighted by Gasteiger charge is -2.07. The van der Waals surface area contributed by atoms with Crippen LogP contribution in [0.2, 0.25) is 0 Å². The van der Waals surface area contributed by atoms with Gasteiger partial charge in [-0.1, -0.05) is 23.4 Å². The first-order valence-electron chi connectivity index (χ1n) is 8.33. The summed E-state index contributed by atoms with van der Waals surface area (Å²) < 4.78 is 11.0. The monoisotopic (exact) mass is 347 g/mol. The molecule has 2 aromatic carbocycles. The van der Waals surface area contributed by atoms with Gasteiger partial charge in [-0.15, -0.1) is 0 Å². The maximum Gasteiger partial charge on any atom is 0.251 e. The van der Waals surface area contributed by atoms with Crippen molar-refractivity contribution in [2.24, 2.45) is 0 Å². The standard InChI is InChI=1S/C20H17N3O3/c1-12(2)21-19(24)14-8-9-17-15(10-14)18(23-26-17)16-11-25-20(22-16)13-6-4-3-5-7-13/h3-12H,1-2H3,(H,21,24). The molecule has 2 aromatic heterocycles. The molecular formula is C20H17N3O3. The SMILES string of the molecule is CC(C)NC(=O)c1ccc2onc(-c3coc(-c4ccccc4)n3)c2c1. The van der Waals surface area contributed by atoms with Crippen LogP contribution in [0.4, 0.5) is 0 Å². The molecule has 0 saturated carbocycles. The Kier molecular flexibility index (Phi) is 4.01. The van der Waals surface area contributed by atoms with Crippen molar-refractivity contribution >= 4 is 16.9 Å². The predicted octanol–water partition coefficient (Wildman–Crippen LogP) is 4.29. The molecule has 0 fully saturated rings. The molecule has 1 N–H and O–H groups in total. The first-order chi connectivity index (χ1) is 12.6. The molecule has 2 heterocycles. The largest absolute Gasteiger partial charge is 0.444 e. The van der Waals surface area contributed by atoms with Crippen LogP contribution in [0.15, 0.2) is 63.7 Å². The third kappa shape index (κ3) is 2.97. The van der Waals surface area contributed by atoms with Gasteiger partial charge in [-0.05, 0) is 44.2 Å². The summed E-state index contributed by atoms with van der Waals surface area (Å²) in [7, 11) is 0. The summed E-state index contributed by atoms with van der Waals surface area (Å²) in [6.45, 7) is 3.84. The minimum atomic E-state index is -0.140. The van der Waals surface area contributed by atoms with Gasteiger partial charge in [0.05, 0.1) is 5.39 Å². The van der Waals surface area contributed by atoms with E-state index in [-0.39, 0.29) is 11.9 Å². The summed E-state index contributed by atoms with van der Waals surface area (Å²) in [5, 5.41) is 7.70. The number of fused-ring (bicyclic) bond motifs is 1. The maximum absolute atomic E-state index is 12.3. The Morgan fingerprint density at radius 1 is 1.12 bits per heavy atom. The van der Waals surface area contributed by atoms with Crippen LogP contribution in [-0.2, 0) is 0 Å². The number of oxazole rings is 1. The van der Waals surface area contributed by atoms with Crippen LogP contribution in [-0.4, -0.2) is 22.1 Å². The number of carbonyl (C=O) groups is 1. The quantitative estimate of drug-likeness (QED) is 0.595. The molecule has 0 atom stereocenters. The molecule has 0 aliphatic rings. The van der Waals surface area contributed by atoms with Gasteiger partial charge in [-0.25, -0.2) is 4.98 Å². The fourth-order valence-corrected chi connectivity index (χ4v) is 2.71. The van der Waals surface area contributed by atoms with Gasteiger partial charge in [0.2, 0.25) is 5.89 Å². The zero-order valence-corrected chi connectivity index (χ0v) is 14.4. The second-order valence-electron chi connectivity index (χ2n) is 6.27. The Labute approximate surface area is 149 Å². The first kappa shape index (κ1) is 16.1. The number of amides is 1. The normalized spacial score (nSPS) is 11.2. The van der Waals surface area contributed by atoms with Gasteiger partial charge < -0.3 is 14.3 Å². The van der Waals surface area contributed by atoms with Crippen LogP contribution in [0.25, 0.3) is 33.8 Å². The lowest BCUT2D eigenvalue weighted by atomic mass is 10.1. The lowest BCUT2D eigenvalue weighted by Crippen LogP contribution is -2.29. The summed E-state index contributed by atoms with van der Waals surface area (Å²) in [5.74, 6) is 0.365. The molecule has 26 heavy (non-hydrogen) atoms. The van der Waals surface area contributed by atoms with Gasteiger partial charge in [-0.2, -0.15) is 0 Å². The highest BCUT2D eigenvalue weighted by Gasteiger charge is 2.17. The van der Waals surface area contributed by atoms with Crippen molar-refractivity contribution in [2.75, 3.05) is 0 Å². The van der Waals surface area contributed by atoms with E-state index in [1.807, 2.05) is 44.2 Å².